The van der Waals surface area contributed by atoms with Crippen LogP contribution in [0.1, 0.15) is 25.8 Å². The van der Waals surface area contributed by atoms with Crippen molar-refractivity contribution in [2.45, 2.75) is 32.1 Å². The van der Waals surface area contributed by atoms with Gasteiger partial charge in [0.15, 0.2) is 0 Å². The van der Waals surface area contributed by atoms with Crippen molar-refractivity contribution in [3.8, 4) is 0 Å². The SMILES string of the molecule is CC(C)C[C@@H](NC(=O)CSCc1ccc(F)cc1)C(=O)O. The Morgan fingerprint density at radius 2 is 1.90 bits per heavy atom. The van der Waals surface area contributed by atoms with Gasteiger partial charge in [-0.15, -0.1) is 11.8 Å². The minimum atomic E-state index is -1.01. The molecule has 6 heteroatoms. The highest BCUT2D eigenvalue weighted by atomic mass is 32.2. The summed E-state index contributed by atoms with van der Waals surface area (Å²) in [5.74, 6) is -0.650. The van der Waals surface area contributed by atoms with Gasteiger partial charge < -0.3 is 10.4 Å². The molecule has 0 bridgehead atoms. The van der Waals surface area contributed by atoms with Gasteiger partial charge in [0.2, 0.25) is 5.91 Å². The van der Waals surface area contributed by atoms with Crippen LogP contribution in [0.5, 0.6) is 0 Å². The summed E-state index contributed by atoms with van der Waals surface area (Å²) in [5, 5.41) is 11.6. The zero-order valence-electron chi connectivity index (χ0n) is 12.1. The number of carbonyl (C=O) groups excluding carboxylic acids is 1. The summed E-state index contributed by atoms with van der Waals surface area (Å²) in [4.78, 5) is 22.8. The predicted octanol–water partition coefficient (Wildman–Crippen LogP) is 2.67. The highest BCUT2D eigenvalue weighted by molar-refractivity contribution is 7.99. The number of benzene rings is 1. The van der Waals surface area contributed by atoms with E-state index in [2.05, 4.69) is 5.32 Å². The molecule has 0 aliphatic carbocycles. The fourth-order valence-corrected chi connectivity index (χ4v) is 2.57. The van der Waals surface area contributed by atoms with Crippen molar-refractivity contribution < 1.29 is 19.1 Å². The van der Waals surface area contributed by atoms with Gasteiger partial charge in [0.1, 0.15) is 11.9 Å². The van der Waals surface area contributed by atoms with Crippen LogP contribution in [0.4, 0.5) is 4.39 Å². The molecule has 0 unspecified atom stereocenters. The first kappa shape index (κ1) is 17.5. The number of carbonyl (C=O) groups is 2. The molecular weight excluding hydrogens is 293 g/mol. The Morgan fingerprint density at radius 3 is 2.43 bits per heavy atom. The van der Waals surface area contributed by atoms with Crippen LogP contribution in [0.25, 0.3) is 0 Å². The zero-order valence-corrected chi connectivity index (χ0v) is 13.0. The van der Waals surface area contributed by atoms with Gasteiger partial charge in [-0.05, 0) is 30.0 Å². The summed E-state index contributed by atoms with van der Waals surface area (Å²) in [5.41, 5.74) is 0.922. The van der Waals surface area contributed by atoms with Crippen LogP contribution in [0.2, 0.25) is 0 Å². The number of hydrogen-bond donors (Lipinski definition) is 2. The number of carboxylic acid groups (broad SMARTS) is 1. The maximum Gasteiger partial charge on any atom is 0.326 e. The first-order chi connectivity index (χ1) is 9.88. The van der Waals surface area contributed by atoms with E-state index in [-0.39, 0.29) is 23.4 Å². The number of hydrogen-bond acceptors (Lipinski definition) is 3. The van der Waals surface area contributed by atoms with E-state index in [0.29, 0.717) is 12.2 Å². The molecule has 0 aliphatic rings. The van der Waals surface area contributed by atoms with E-state index >= 15 is 0 Å². The molecule has 1 aromatic carbocycles. The zero-order chi connectivity index (χ0) is 15.8. The van der Waals surface area contributed by atoms with E-state index in [0.717, 1.165) is 5.56 Å². The Bertz CT molecular complexity index is 476. The summed E-state index contributed by atoms with van der Waals surface area (Å²) in [6, 6.07) is 5.24. The van der Waals surface area contributed by atoms with Crippen molar-refractivity contribution in [1.82, 2.24) is 5.32 Å². The molecule has 2 N–H and O–H groups in total. The lowest BCUT2D eigenvalue weighted by Crippen LogP contribution is -2.42. The molecule has 0 spiro atoms. The fraction of sp³-hybridized carbons (Fsp3) is 0.467. The first-order valence-electron chi connectivity index (χ1n) is 6.73. The predicted molar refractivity (Wildman–Crippen MR) is 81.6 cm³/mol. The third-order valence-electron chi connectivity index (χ3n) is 2.76. The lowest BCUT2D eigenvalue weighted by Gasteiger charge is -2.16. The van der Waals surface area contributed by atoms with E-state index in [1.165, 1.54) is 23.9 Å². The van der Waals surface area contributed by atoms with Gasteiger partial charge in [-0.2, -0.15) is 0 Å². The Morgan fingerprint density at radius 1 is 1.29 bits per heavy atom. The molecule has 0 radical (unpaired) electrons. The molecule has 0 heterocycles. The smallest absolute Gasteiger partial charge is 0.326 e. The summed E-state index contributed by atoms with van der Waals surface area (Å²) in [6.45, 7) is 3.82. The maximum absolute atomic E-state index is 12.7. The van der Waals surface area contributed by atoms with Crippen LogP contribution in [0.3, 0.4) is 0 Å². The van der Waals surface area contributed by atoms with Crippen LogP contribution in [0, 0.1) is 11.7 Å². The number of halogens is 1. The topological polar surface area (TPSA) is 66.4 Å². The molecule has 0 fully saturated rings. The number of aliphatic carboxylic acids is 1. The summed E-state index contributed by atoms with van der Waals surface area (Å²) >= 11 is 1.37. The van der Waals surface area contributed by atoms with E-state index in [1.54, 1.807) is 12.1 Å². The van der Waals surface area contributed by atoms with Crippen molar-refractivity contribution >= 4 is 23.6 Å². The molecule has 116 valence electrons. The van der Waals surface area contributed by atoms with Crippen molar-refractivity contribution in [3.05, 3.63) is 35.6 Å². The summed E-state index contributed by atoms with van der Waals surface area (Å²) in [6.07, 6.45) is 0.406. The van der Waals surface area contributed by atoms with Crippen LogP contribution in [-0.2, 0) is 15.3 Å². The molecule has 1 atom stereocenters. The van der Waals surface area contributed by atoms with Crippen molar-refractivity contribution in [3.63, 3.8) is 0 Å². The van der Waals surface area contributed by atoms with Crippen LogP contribution < -0.4 is 5.32 Å². The first-order valence-corrected chi connectivity index (χ1v) is 7.88. The highest BCUT2D eigenvalue weighted by Gasteiger charge is 2.20. The maximum atomic E-state index is 12.7. The Kier molecular flexibility index (Phi) is 7.22. The van der Waals surface area contributed by atoms with E-state index in [1.807, 2.05) is 13.8 Å². The molecule has 1 rings (SSSR count). The van der Waals surface area contributed by atoms with Gasteiger partial charge in [0, 0.05) is 5.75 Å². The Balaban J connectivity index is 2.35. The highest BCUT2D eigenvalue weighted by Crippen LogP contribution is 2.13. The number of thioether (sulfide) groups is 1. The molecule has 0 saturated carbocycles. The van der Waals surface area contributed by atoms with E-state index in [4.69, 9.17) is 5.11 Å². The molecule has 0 aromatic heterocycles. The molecule has 1 amide bonds. The van der Waals surface area contributed by atoms with E-state index < -0.39 is 12.0 Å². The fourth-order valence-electron chi connectivity index (χ4n) is 1.77. The third-order valence-corrected chi connectivity index (χ3v) is 3.76. The standard InChI is InChI=1S/C15H20FNO3S/c1-10(2)7-13(15(19)20)17-14(18)9-21-8-11-3-5-12(16)6-4-11/h3-6,10,13H,7-9H2,1-2H3,(H,17,18)(H,19,20)/t13-/m1/s1. The minimum absolute atomic E-state index is 0.180. The van der Waals surface area contributed by atoms with Crippen LogP contribution in [0.15, 0.2) is 24.3 Å². The number of nitrogens with one attached hydrogen (secondary N) is 1. The van der Waals surface area contributed by atoms with Crippen molar-refractivity contribution in [2.75, 3.05) is 5.75 Å². The van der Waals surface area contributed by atoms with Crippen LogP contribution >= 0.6 is 11.8 Å². The second-order valence-corrected chi connectivity index (χ2v) is 6.19. The molecule has 0 saturated heterocycles. The van der Waals surface area contributed by atoms with Crippen LogP contribution in [-0.4, -0.2) is 28.8 Å². The molecule has 4 nitrogen and oxygen atoms in total. The molecule has 0 aliphatic heterocycles. The second kappa shape index (κ2) is 8.67. The lowest BCUT2D eigenvalue weighted by molar-refractivity contribution is -0.141. The largest absolute Gasteiger partial charge is 0.480 e. The Labute approximate surface area is 128 Å². The summed E-state index contributed by atoms with van der Waals surface area (Å²) in [7, 11) is 0. The van der Waals surface area contributed by atoms with Gasteiger partial charge in [0.05, 0.1) is 5.75 Å². The Hall–Kier alpha value is -1.56. The number of rotatable bonds is 8. The lowest BCUT2D eigenvalue weighted by atomic mass is 10.0. The van der Waals surface area contributed by atoms with Gasteiger partial charge in [-0.1, -0.05) is 26.0 Å². The minimum Gasteiger partial charge on any atom is -0.480 e. The average Bonchev–Trinajstić information content (AvgIpc) is 2.39. The molecule has 21 heavy (non-hydrogen) atoms. The monoisotopic (exact) mass is 313 g/mol. The normalized spacial score (nSPS) is 12.2. The number of carboxylic acids is 1. The van der Waals surface area contributed by atoms with Gasteiger partial charge in [0.25, 0.3) is 0 Å². The van der Waals surface area contributed by atoms with Gasteiger partial charge >= 0.3 is 5.97 Å². The van der Waals surface area contributed by atoms with Crippen molar-refractivity contribution in [1.29, 1.82) is 0 Å². The summed E-state index contributed by atoms with van der Waals surface area (Å²) < 4.78 is 12.7. The average molecular weight is 313 g/mol. The number of amides is 1. The molecule has 1 aromatic rings. The van der Waals surface area contributed by atoms with Crippen molar-refractivity contribution in [2.24, 2.45) is 5.92 Å². The van der Waals surface area contributed by atoms with E-state index in [9.17, 15) is 14.0 Å². The van der Waals surface area contributed by atoms with Gasteiger partial charge in [-0.25, -0.2) is 9.18 Å². The second-order valence-electron chi connectivity index (χ2n) is 5.21. The van der Waals surface area contributed by atoms with Gasteiger partial charge in [-0.3, -0.25) is 4.79 Å². The molecular formula is C15H20FNO3S. The quantitative estimate of drug-likeness (QED) is 0.774. The third kappa shape index (κ3) is 7.13.